The molecule has 1 aromatic heterocycles. The Labute approximate surface area is 120 Å². The van der Waals surface area contributed by atoms with Crippen LogP contribution in [0, 0.1) is 11.8 Å². The van der Waals surface area contributed by atoms with Crippen molar-refractivity contribution in [2.45, 2.75) is 38.0 Å². The molecule has 21 heavy (non-hydrogen) atoms. The molecule has 1 saturated carbocycles. The second-order valence-electron chi connectivity index (χ2n) is 5.32. The van der Waals surface area contributed by atoms with Crippen LogP contribution in [0.3, 0.4) is 0 Å². The first-order valence-corrected chi connectivity index (χ1v) is 6.95. The predicted octanol–water partition coefficient (Wildman–Crippen LogP) is 2.80. The van der Waals surface area contributed by atoms with Crippen molar-refractivity contribution in [3.63, 3.8) is 0 Å². The molecule has 1 aromatic rings. The summed E-state index contributed by atoms with van der Waals surface area (Å²) in [5.74, 6) is -3.04. The highest BCUT2D eigenvalue weighted by Gasteiger charge is 2.47. The molecule has 2 N–H and O–H groups in total. The number of halogens is 3. The van der Waals surface area contributed by atoms with Gasteiger partial charge < -0.3 is 14.8 Å². The third kappa shape index (κ3) is 4.00. The molecule has 0 aliphatic heterocycles. The predicted molar refractivity (Wildman–Crippen MR) is 68.2 cm³/mol. The van der Waals surface area contributed by atoms with E-state index in [-0.39, 0.29) is 25.1 Å². The SMILES string of the molecule is O=C(NCC(O)c1ccco1)C1CCCCC1C(F)(F)F. The molecule has 4 nitrogen and oxygen atoms in total. The van der Waals surface area contributed by atoms with Crippen molar-refractivity contribution in [2.75, 3.05) is 6.54 Å². The van der Waals surface area contributed by atoms with Gasteiger partial charge in [0.25, 0.3) is 0 Å². The highest BCUT2D eigenvalue weighted by Crippen LogP contribution is 2.41. The van der Waals surface area contributed by atoms with Gasteiger partial charge in [-0.3, -0.25) is 4.79 Å². The van der Waals surface area contributed by atoms with E-state index in [9.17, 15) is 23.1 Å². The summed E-state index contributed by atoms with van der Waals surface area (Å²) in [7, 11) is 0. The van der Waals surface area contributed by atoms with Crippen LogP contribution < -0.4 is 5.32 Å². The van der Waals surface area contributed by atoms with Crippen LogP contribution in [-0.2, 0) is 4.79 Å². The van der Waals surface area contributed by atoms with Crippen LogP contribution in [0.1, 0.15) is 37.5 Å². The lowest BCUT2D eigenvalue weighted by molar-refractivity contribution is -0.198. The van der Waals surface area contributed by atoms with Gasteiger partial charge in [-0.1, -0.05) is 12.8 Å². The number of carbonyl (C=O) groups is 1. The average Bonchev–Trinajstić information content (AvgIpc) is 2.97. The number of furan rings is 1. The largest absolute Gasteiger partial charge is 0.467 e. The second kappa shape index (κ2) is 6.51. The molecule has 118 valence electrons. The number of nitrogens with one attached hydrogen (secondary N) is 1. The fourth-order valence-corrected chi connectivity index (χ4v) is 2.75. The lowest BCUT2D eigenvalue weighted by atomic mass is 9.78. The summed E-state index contributed by atoms with van der Waals surface area (Å²) < 4.78 is 43.8. The molecule has 0 saturated heterocycles. The quantitative estimate of drug-likeness (QED) is 0.899. The average molecular weight is 305 g/mol. The first-order valence-electron chi connectivity index (χ1n) is 6.95. The Hall–Kier alpha value is -1.50. The molecule has 1 heterocycles. The Morgan fingerprint density at radius 1 is 1.43 bits per heavy atom. The molecule has 0 spiro atoms. The van der Waals surface area contributed by atoms with Crippen LogP contribution in [0.4, 0.5) is 13.2 Å². The monoisotopic (exact) mass is 305 g/mol. The molecule has 0 bridgehead atoms. The van der Waals surface area contributed by atoms with Gasteiger partial charge in [0.15, 0.2) is 0 Å². The number of rotatable bonds is 4. The van der Waals surface area contributed by atoms with Crippen LogP contribution >= 0.6 is 0 Å². The summed E-state index contributed by atoms with van der Waals surface area (Å²) in [6.07, 6.45) is -2.72. The van der Waals surface area contributed by atoms with Gasteiger partial charge in [-0.25, -0.2) is 0 Å². The minimum Gasteiger partial charge on any atom is -0.467 e. The van der Waals surface area contributed by atoms with Gasteiger partial charge in [0.1, 0.15) is 11.9 Å². The van der Waals surface area contributed by atoms with Gasteiger partial charge in [-0.05, 0) is 25.0 Å². The van der Waals surface area contributed by atoms with Crippen molar-refractivity contribution < 1.29 is 27.5 Å². The maximum atomic E-state index is 12.9. The van der Waals surface area contributed by atoms with E-state index in [0.29, 0.717) is 12.8 Å². The molecule has 2 rings (SSSR count). The van der Waals surface area contributed by atoms with Gasteiger partial charge >= 0.3 is 6.18 Å². The maximum absolute atomic E-state index is 12.9. The lowest BCUT2D eigenvalue weighted by Gasteiger charge is -2.32. The summed E-state index contributed by atoms with van der Waals surface area (Å²) >= 11 is 0. The summed E-state index contributed by atoms with van der Waals surface area (Å²) in [6, 6.07) is 3.12. The van der Waals surface area contributed by atoms with Crippen LogP contribution in [0.2, 0.25) is 0 Å². The Kier molecular flexibility index (Phi) is 4.92. The van der Waals surface area contributed by atoms with Crippen molar-refractivity contribution in [3.8, 4) is 0 Å². The lowest BCUT2D eigenvalue weighted by Crippen LogP contribution is -2.43. The molecule has 7 heteroatoms. The molecule has 3 atom stereocenters. The Bertz CT molecular complexity index is 459. The van der Waals surface area contributed by atoms with Crippen molar-refractivity contribution in [3.05, 3.63) is 24.2 Å². The molecule has 0 aromatic carbocycles. The highest BCUT2D eigenvalue weighted by molar-refractivity contribution is 5.79. The standard InChI is InChI=1S/C14H18F3NO3/c15-14(16,17)10-5-2-1-4-9(10)13(20)18-8-11(19)12-6-3-7-21-12/h3,6-7,9-11,19H,1-2,4-5,8H2,(H,18,20). The number of hydrogen-bond donors (Lipinski definition) is 2. The minimum atomic E-state index is -4.36. The van der Waals surface area contributed by atoms with Crippen molar-refractivity contribution in [1.29, 1.82) is 0 Å². The third-order valence-electron chi connectivity index (χ3n) is 3.86. The van der Waals surface area contributed by atoms with E-state index in [1.165, 1.54) is 12.3 Å². The van der Waals surface area contributed by atoms with Crippen molar-refractivity contribution in [1.82, 2.24) is 5.32 Å². The number of aliphatic hydroxyl groups excluding tert-OH is 1. The summed E-state index contributed by atoms with van der Waals surface area (Å²) in [5.41, 5.74) is 0. The number of carbonyl (C=O) groups excluding carboxylic acids is 1. The zero-order valence-corrected chi connectivity index (χ0v) is 11.4. The van der Waals surface area contributed by atoms with Gasteiger partial charge in [0.05, 0.1) is 18.7 Å². The zero-order chi connectivity index (χ0) is 15.5. The van der Waals surface area contributed by atoms with E-state index in [2.05, 4.69) is 5.32 Å². The van der Waals surface area contributed by atoms with Crippen LogP contribution in [0.5, 0.6) is 0 Å². The molecule has 1 aliphatic rings. The third-order valence-corrected chi connectivity index (χ3v) is 3.86. The Morgan fingerprint density at radius 3 is 2.76 bits per heavy atom. The van der Waals surface area contributed by atoms with E-state index in [1.54, 1.807) is 6.07 Å². The molecule has 1 fully saturated rings. The number of amides is 1. The van der Waals surface area contributed by atoms with E-state index in [1.807, 2.05) is 0 Å². The van der Waals surface area contributed by atoms with E-state index in [0.717, 1.165) is 0 Å². The van der Waals surface area contributed by atoms with Crippen molar-refractivity contribution in [2.24, 2.45) is 11.8 Å². The normalized spacial score (nSPS) is 24.6. The topological polar surface area (TPSA) is 62.5 Å². The molecule has 0 radical (unpaired) electrons. The van der Waals surface area contributed by atoms with Gasteiger partial charge in [0, 0.05) is 5.92 Å². The molecular weight excluding hydrogens is 287 g/mol. The van der Waals surface area contributed by atoms with E-state index in [4.69, 9.17) is 4.42 Å². The summed E-state index contributed by atoms with van der Waals surface area (Å²) in [5, 5.41) is 12.1. The molecule has 1 amide bonds. The van der Waals surface area contributed by atoms with Gasteiger partial charge in [0.2, 0.25) is 5.91 Å². The van der Waals surface area contributed by atoms with Gasteiger partial charge in [-0.15, -0.1) is 0 Å². The summed E-state index contributed by atoms with van der Waals surface area (Å²) in [4.78, 5) is 12.0. The zero-order valence-electron chi connectivity index (χ0n) is 11.4. The van der Waals surface area contributed by atoms with Gasteiger partial charge in [-0.2, -0.15) is 13.2 Å². The minimum absolute atomic E-state index is 0.0116. The van der Waals surface area contributed by atoms with Crippen LogP contribution in [-0.4, -0.2) is 23.7 Å². The fourth-order valence-electron chi connectivity index (χ4n) is 2.75. The molecule has 3 unspecified atom stereocenters. The smallest absolute Gasteiger partial charge is 0.392 e. The van der Waals surface area contributed by atoms with Crippen LogP contribution in [0.15, 0.2) is 22.8 Å². The first-order chi connectivity index (χ1) is 9.89. The Balaban J connectivity index is 1.92. The molecule has 1 aliphatic carbocycles. The second-order valence-corrected chi connectivity index (χ2v) is 5.32. The van der Waals surface area contributed by atoms with E-state index < -0.39 is 30.0 Å². The Morgan fingerprint density at radius 2 is 2.14 bits per heavy atom. The first kappa shape index (κ1) is 15.9. The fraction of sp³-hybridized carbons (Fsp3) is 0.643. The number of hydrogen-bond acceptors (Lipinski definition) is 3. The van der Waals surface area contributed by atoms with Crippen LogP contribution in [0.25, 0.3) is 0 Å². The highest BCUT2D eigenvalue weighted by atomic mass is 19.4. The number of aliphatic hydroxyl groups is 1. The molecular formula is C14H18F3NO3. The van der Waals surface area contributed by atoms with Crippen molar-refractivity contribution >= 4 is 5.91 Å². The maximum Gasteiger partial charge on any atom is 0.392 e. The number of alkyl halides is 3. The summed E-state index contributed by atoms with van der Waals surface area (Å²) in [6.45, 7) is -0.159. The van der Waals surface area contributed by atoms with E-state index >= 15 is 0 Å².